The number of benzene rings is 1. The van der Waals surface area contributed by atoms with Crippen LogP contribution in [0.5, 0.6) is 0 Å². The Hall–Kier alpha value is -2.12. The van der Waals surface area contributed by atoms with Gasteiger partial charge in [-0.3, -0.25) is 0 Å². The van der Waals surface area contributed by atoms with E-state index >= 15 is 0 Å². The smallest absolute Gasteiger partial charge is 0.0969 e. The Morgan fingerprint density at radius 1 is 1.29 bits per heavy atom. The largest absolute Gasteiger partial charge is 0.300 e. The van der Waals surface area contributed by atoms with E-state index in [1.165, 1.54) is 0 Å². The maximum absolute atomic E-state index is 4.37. The molecule has 17 heavy (non-hydrogen) atoms. The maximum Gasteiger partial charge on any atom is 0.0969 e. The molecule has 1 aromatic heterocycles. The molecule has 0 spiro atoms. The average Bonchev–Trinajstić information content (AvgIpc) is 2.85. The second-order valence-electron chi connectivity index (χ2n) is 3.49. The topological polar surface area (TPSA) is 42.7 Å². The van der Waals surface area contributed by atoms with Gasteiger partial charge in [-0.1, -0.05) is 24.1 Å². The second-order valence-corrected chi connectivity index (χ2v) is 3.49. The van der Waals surface area contributed by atoms with Gasteiger partial charge in [0.05, 0.1) is 24.1 Å². The van der Waals surface area contributed by atoms with Crippen LogP contribution in [0.15, 0.2) is 36.5 Å². The molecule has 0 aliphatic rings. The number of nitrogens with zero attached hydrogens (tertiary/aromatic N) is 3. The zero-order valence-electron chi connectivity index (χ0n) is 9.72. The van der Waals surface area contributed by atoms with Gasteiger partial charge in [-0.2, -0.15) is 15.0 Å². The summed E-state index contributed by atoms with van der Waals surface area (Å²) in [4.78, 5) is 1.63. The highest BCUT2D eigenvalue weighted by molar-refractivity contribution is 5.28. The Morgan fingerprint density at radius 2 is 2.12 bits per heavy atom. The van der Waals surface area contributed by atoms with Gasteiger partial charge >= 0.3 is 0 Å². The third kappa shape index (κ3) is 3.16. The fourth-order valence-electron chi connectivity index (χ4n) is 1.40. The lowest BCUT2D eigenvalue weighted by atomic mass is 10.3. The Labute approximate surface area is 101 Å². The Kier molecular flexibility index (Phi) is 3.90. The van der Waals surface area contributed by atoms with Gasteiger partial charge in [-0.25, -0.2) is 0 Å². The Morgan fingerprint density at radius 3 is 2.88 bits per heavy atom. The molecule has 2 rings (SSSR count). The average molecular weight is 226 g/mol. The summed E-state index contributed by atoms with van der Waals surface area (Å²) in [6.07, 6.45) is 1.76. The van der Waals surface area contributed by atoms with E-state index in [9.17, 15) is 0 Å². The van der Waals surface area contributed by atoms with Crippen LogP contribution >= 0.6 is 0 Å². The third-order valence-corrected chi connectivity index (χ3v) is 2.22. The third-order valence-electron chi connectivity index (χ3n) is 2.22. The second kappa shape index (κ2) is 5.83. The van der Waals surface area contributed by atoms with Crippen molar-refractivity contribution in [2.45, 2.75) is 13.5 Å². The quantitative estimate of drug-likeness (QED) is 0.632. The van der Waals surface area contributed by atoms with Gasteiger partial charge in [-0.05, 0) is 19.1 Å². The number of hydrogen-bond acceptors (Lipinski definition) is 3. The van der Waals surface area contributed by atoms with Crippen LogP contribution in [0.25, 0.3) is 5.69 Å². The monoisotopic (exact) mass is 226 g/mol. The maximum atomic E-state index is 4.37. The molecule has 0 aliphatic heterocycles. The first-order valence-electron chi connectivity index (χ1n) is 5.47. The number of aromatic nitrogens is 3. The zero-order chi connectivity index (χ0) is 11.9. The first kappa shape index (κ1) is 11.4. The Balaban J connectivity index is 1.98. The van der Waals surface area contributed by atoms with E-state index in [0.717, 1.165) is 11.4 Å². The van der Waals surface area contributed by atoms with E-state index in [0.29, 0.717) is 13.1 Å². The van der Waals surface area contributed by atoms with Crippen LogP contribution in [-0.4, -0.2) is 21.5 Å². The van der Waals surface area contributed by atoms with E-state index < -0.39 is 0 Å². The van der Waals surface area contributed by atoms with Gasteiger partial charge in [0.1, 0.15) is 0 Å². The Bertz CT molecular complexity index is 519. The van der Waals surface area contributed by atoms with Crippen molar-refractivity contribution in [2.24, 2.45) is 0 Å². The molecule has 0 atom stereocenters. The van der Waals surface area contributed by atoms with Crippen molar-refractivity contribution in [3.63, 3.8) is 0 Å². The van der Waals surface area contributed by atoms with Crippen molar-refractivity contribution in [3.05, 3.63) is 42.2 Å². The molecule has 1 N–H and O–H groups in total. The fourth-order valence-corrected chi connectivity index (χ4v) is 1.40. The van der Waals surface area contributed by atoms with Crippen molar-refractivity contribution in [2.75, 3.05) is 6.54 Å². The predicted molar refractivity (Wildman–Crippen MR) is 66.5 cm³/mol. The van der Waals surface area contributed by atoms with Crippen molar-refractivity contribution < 1.29 is 0 Å². The van der Waals surface area contributed by atoms with E-state index in [-0.39, 0.29) is 0 Å². The summed E-state index contributed by atoms with van der Waals surface area (Å²) in [5, 5.41) is 11.8. The molecule has 1 heterocycles. The van der Waals surface area contributed by atoms with E-state index in [2.05, 4.69) is 27.4 Å². The van der Waals surface area contributed by atoms with Gasteiger partial charge in [0.2, 0.25) is 0 Å². The van der Waals surface area contributed by atoms with E-state index in [1.807, 2.05) is 37.3 Å². The summed E-state index contributed by atoms with van der Waals surface area (Å²) in [5.74, 6) is 5.77. The standard InChI is InChI=1S/C13H14N4/c1-2-3-9-14-10-12-11-15-17(16-12)13-7-5-4-6-8-13/h4-8,11,14H,9-10H2,1H3. The number of nitrogens with one attached hydrogen (secondary N) is 1. The minimum absolute atomic E-state index is 0.675. The molecule has 0 saturated heterocycles. The molecule has 4 nitrogen and oxygen atoms in total. The molecule has 0 bridgehead atoms. The molecule has 86 valence electrons. The minimum atomic E-state index is 0.675. The first-order valence-corrected chi connectivity index (χ1v) is 5.47. The van der Waals surface area contributed by atoms with Crippen molar-refractivity contribution in [3.8, 4) is 17.5 Å². The lowest BCUT2D eigenvalue weighted by molar-refractivity contribution is 0.703. The summed E-state index contributed by atoms with van der Waals surface area (Å²) >= 11 is 0. The minimum Gasteiger partial charge on any atom is -0.300 e. The molecule has 0 unspecified atom stereocenters. The van der Waals surface area contributed by atoms with E-state index in [1.54, 1.807) is 11.0 Å². The lowest BCUT2D eigenvalue weighted by Crippen LogP contribution is -2.13. The van der Waals surface area contributed by atoms with Gasteiger partial charge < -0.3 is 5.32 Å². The summed E-state index contributed by atoms with van der Waals surface area (Å²) in [7, 11) is 0. The molecule has 0 radical (unpaired) electrons. The van der Waals surface area contributed by atoms with Crippen LogP contribution in [-0.2, 0) is 6.54 Å². The van der Waals surface area contributed by atoms with Crippen LogP contribution in [0.2, 0.25) is 0 Å². The normalized spacial score (nSPS) is 9.71. The summed E-state index contributed by atoms with van der Waals surface area (Å²) in [5.41, 5.74) is 1.87. The first-order chi connectivity index (χ1) is 8.40. The molecule has 0 saturated carbocycles. The van der Waals surface area contributed by atoms with Crippen LogP contribution in [0.1, 0.15) is 12.6 Å². The molecule has 0 amide bonds. The molecular weight excluding hydrogens is 212 g/mol. The summed E-state index contributed by atoms with van der Waals surface area (Å²) < 4.78 is 0. The highest BCUT2D eigenvalue weighted by atomic mass is 15.5. The molecule has 0 fully saturated rings. The number of para-hydroxylation sites is 1. The molecule has 0 aliphatic carbocycles. The highest BCUT2D eigenvalue weighted by Gasteiger charge is 2.01. The van der Waals surface area contributed by atoms with Crippen molar-refractivity contribution in [1.82, 2.24) is 20.3 Å². The van der Waals surface area contributed by atoms with Gasteiger partial charge in [0, 0.05) is 6.54 Å². The predicted octanol–water partition coefficient (Wildman–Crippen LogP) is 1.38. The molecular formula is C13H14N4. The number of hydrogen-bond donors (Lipinski definition) is 1. The molecule has 1 aromatic carbocycles. The van der Waals surface area contributed by atoms with Crippen LogP contribution in [0.4, 0.5) is 0 Å². The molecule has 4 heteroatoms. The van der Waals surface area contributed by atoms with Gasteiger partial charge in [-0.15, -0.1) is 5.92 Å². The van der Waals surface area contributed by atoms with Gasteiger partial charge in [0.15, 0.2) is 0 Å². The SMILES string of the molecule is CC#CCNCc1cnn(-c2ccccc2)n1. The lowest BCUT2D eigenvalue weighted by Gasteiger charge is -1.98. The van der Waals surface area contributed by atoms with Crippen molar-refractivity contribution >= 4 is 0 Å². The van der Waals surface area contributed by atoms with Crippen LogP contribution < -0.4 is 5.32 Å². The number of rotatable bonds is 4. The van der Waals surface area contributed by atoms with Crippen LogP contribution in [0.3, 0.4) is 0 Å². The van der Waals surface area contributed by atoms with Gasteiger partial charge in [0.25, 0.3) is 0 Å². The summed E-state index contributed by atoms with van der Waals surface area (Å²) in [6.45, 7) is 3.18. The van der Waals surface area contributed by atoms with Crippen LogP contribution in [0, 0.1) is 11.8 Å². The van der Waals surface area contributed by atoms with E-state index in [4.69, 9.17) is 0 Å². The summed E-state index contributed by atoms with van der Waals surface area (Å²) in [6, 6.07) is 9.85. The fraction of sp³-hybridized carbons (Fsp3) is 0.231. The van der Waals surface area contributed by atoms with Crippen molar-refractivity contribution in [1.29, 1.82) is 0 Å². The molecule has 2 aromatic rings. The highest BCUT2D eigenvalue weighted by Crippen LogP contribution is 2.03. The zero-order valence-corrected chi connectivity index (χ0v) is 9.72.